The average molecular weight is 270 g/mol. The molecule has 2 nitrogen and oxygen atoms in total. The van der Waals surface area contributed by atoms with Gasteiger partial charge in [0.05, 0.1) is 5.52 Å². The molecule has 0 aliphatic heterocycles. The molecule has 0 atom stereocenters. The third kappa shape index (κ3) is 1.41. The molecular formula is C9H7IN2. The van der Waals surface area contributed by atoms with Crippen molar-refractivity contribution in [3.63, 3.8) is 0 Å². The molecule has 2 rings (SSSR count). The summed E-state index contributed by atoms with van der Waals surface area (Å²) in [5.41, 5.74) is 2.26. The summed E-state index contributed by atoms with van der Waals surface area (Å²) in [6.45, 7) is 2.06. The number of hydrogen-bond donors (Lipinski definition) is 0. The molecule has 0 amide bonds. The van der Waals surface area contributed by atoms with Crippen LogP contribution in [0.2, 0.25) is 0 Å². The SMILES string of the molecule is Cc1ccc2cnc(I)nc2c1. The van der Waals surface area contributed by atoms with Crippen molar-refractivity contribution in [2.75, 3.05) is 0 Å². The Morgan fingerprint density at radius 3 is 3.00 bits per heavy atom. The number of halogens is 1. The third-order valence-corrected chi connectivity index (χ3v) is 2.23. The second kappa shape index (κ2) is 2.97. The van der Waals surface area contributed by atoms with E-state index in [1.165, 1.54) is 5.56 Å². The summed E-state index contributed by atoms with van der Waals surface area (Å²) in [6.07, 6.45) is 1.85. The third-order valence-electron chi connectivity index (χ3n) is 1.71. The summed E-state index contributed by atoms with van der Waals surface area (Å²) in [6, 6.07) is 6.18. The molecule has 0 bridgehead atoms. The Hall–Kier alpha value is -0.710. The fourth-order valence-electron chi connectivity index (χ4n) is 1.11. The molecule has 3 heteroatoms. The van der Waals surface area contributed by atoms with Crippen LogP contribution >= 0.6 is 22.6 Å². The number of aryl methyl sites for hydroxylation is 1. The van der Waals surface area contributed by atoms with Crippen molar-refractivity contribution in [1.82, 2.24) is 9.97 Å². The van der Waals surface area contributed by atoms with Gasteiger partial charge >= 0.3 is 0 Å². The highest BCUT2D eigenvalue weighted by Gasteiger charge is 1.96. The molecule has 12 heavy (non-hydrogen) atoms. The standard InChI is InChI=1S/C9H7IN2/c1-6-2-3-7-5-11-9(10)12-8(7)4-6/h2-5H,1H3. The van der Waals surface area contributed by atoms with Gasteiger partial charge in [-0.1, -0.05) is 12.1 Å². The first-order valence-corrected chi connectivity index (χ1v) is 4.72. The average Bonchev–Trinajstić information content (AvgIpc) is 2.03. The predicted molar refractivity (Wildman–Crippen MR) is 57.0 cm³/mol. The summed E-state index contributed by atoms with van der Waals surface area (Å²) in [5, 5.41) is 1.10. The summed E-state index contributed by atoms with van der Waals surface area (Å²) < 4.78 is 0.797. The Morgan fingerprint density at radius 1 is 1.33 bits per heavy atom. The summed E-state index contributed by atoms with van der Waals surface area (Å²) >= 11 is 2.12. The maximum absolute atomic E-state index is 4.31. The Kier molecular flexibility index (Phi) is 1.96. The molecule has 60 valence electrons. The second-order valence-corrected chi connectivity index (χ2v) is 3.67. The minimum atomic E-state index is 0.797. The van der Waals surface area contributed by atoms with Crippen LogP contribution in [0, 0.1) is 10.8 Å². The van der Waals surface area contributed by atoms with Gasteiger partial charge in [-0.25, -0.2) is 9.97 Å². The number of rotatable bonds is 0. The second-order valence-electron chi connectivity index (χ2n) is 2.70. The van der Waals surface area contributed by atoms with Crippen molar-refractivity contribution in [3.8, 4) is 0 Å². The van der Waals surface area contributed by atoms with Crippen molar-refractivity contribution < 1.29 is 0 Å². The van der Waals surface area contributed by atoms with Crippen LogP contribution in [0.1, 0.15) is 5.56 Å². The Bertz CT molecular complexity index is 389. The van der Waals surface area contributed by atoms with E-state index in [4.69, 9.17) is 0 Å². The summed E-state index contributed by atoms with van der Waals surface area (Å²) in [4.78, 5) is 8.42. The van der Waals surface area contributed by atoms with E-state index < -0.39 is 0 Å². The highest BCUT2D eigenvalue weighted by atomic mass is 127. The summed E-state index contributed by atoms with van der Waals surface area (Å²) in [7, 11) is 0. The number of nitrogens with zero attached hydrogens (tertiary/aromatic N) is 2. The van der Waals surface area contributed by atoms with Gasteiger partial charge in [0.15, 0.2) is 3.83 Å². The topological polar surface area (TPSA) is 25.8 Å². The van der Waals surface area contributed by atoms with Crippen LogP contribution < -0.4 is 0 Å². The van der Waals surface area contributed by atoms with E-state index in [1.54, 1.807) is 0 Å². The number of benzene rings is 1. The molecule has 0 radical (unpaired) electrons. The predicted octanol–water partition coefficient (Wildman–Crippen LogP) is 2.54. The molecule has 0 fully saturated rings. The monoisotopic (exact) mass is 270 g/mol. The zero-order valence-corrected chi connectivity index (χ0v) is 8.74. The summed E-state index contributed by atoms with van der Waals surface area (Å²) in [5.74, 6) is 0. The molecule has 0 saturated carbocycles. The molecule has 0 aliphatic rings. The van der Waals surface area contributed by atoms with Crippen molar-refractivity contribution in [2.45, 2.75) is 6.92 Å². The van der Waals surface area contributed by atoms with E-state index in [1.807, 2.05) is 12.3 Å². The van der Waals surface area contributed by atoms with Gasteiger partial charge in [0.25, 0.3) is 0 Å². The lowest BCUT2D eigenvalue weighted by Gasteiger charge is -1.97. The highest BCUT2D eigenvalue weighted by Crippen LogP contribution is 2.12. The van der Waals surface area contributed by atoms with Gasteiger partial charge in [-0.3, -0.25) is 0 Å². The van der Waals surface area contributed by atoms with Gasteiger partial charge in [0.1, 0.15) is 0 Å². The molecule has 0 saturated heterocycles. The van der Waals surface area contributed by atoms with Crippen LogP contribution in [0.3, 0.4) is 0 Å². The zero-order chi connectivity index (χ0) is 8.55. The minimum absolute atomic E-state index is 0.797. The molecule has 2 aromatic rings. The van der Waals surface area contributed by atoms with Gasteiger partial charge in [0, 0.05) is 34.2 Å². The van der Waals surface area contributed by atoms with E-state index in [0.717, 1.165) is 14.7 Å². The van der Waals surface area contributed by atoms with Crippen LogP contribution in [-0.2, 0) is 0 Å². The first kappa shape index (κ1) is 7.91. The number of aromatic nitrogens is 2. The van der Waals surface area contributed by atoms with Crippen molar-refractivity contribution in [1.29, 1.82) is 0 Å². The van der Waals surface area contributed by atoms with Gasteiger partial charge in [-0.15, -0.1) is 0 Å². The van der Waals surface area contributed by atoms with Gasteiger partial charge in [-0.05, 0) is 18.6 Å². The van der Waals surface area contributed by atoms with Gasteiger partial charge in [-0.2, -0.15) is 0 Å². The maximum Gasteiger partial charge on any atom is 0.191 e. The van der Waals surface area contributed by atoms with Crippen molar-refractivity contribution >= 4 is 33.5 Å². The van der Waals surface area contributed by atoms with Crippen LogP contribution in [0.15, 0.2) is 24.4 Å². The molecule has 0 N–H and O–H groups in total. The fraction of sp³-hybridized carbons (Fsp3) is 0.111. The Morgan fingerprint density at radius 2 is 2.17 bits per heavy atom. The van der Waals surface area contributed by atoms with Crippen LogP contribution in [0.4, 0.5) is 0 Å². The van der Waals surface area contributed by atoms with Crippen molar-refractivity contribution in [3.05, 3.63) is 33.8 Å². The lowest BCUT2D eigenvalue weighted by atomic mass is 10.2. The van der Waals surface area contributed by atoms with Crippen LogP contribution in [-0.4, -0.2) is 9.97 Å². The molecular weight excluding hydrogens is 263 g/mol. The lowest BCUT2D eigenvalue weighted by molar-refractivity contribution is 1.15. The lowest BCUT2D eigenvalue weighted by Crippen LogP contribution is -1.87. The Labute approximate surface area is 84.2 Å². The van der Waals surface area contributed by atoms with E-state index >= 15 is 0 Å². The van der Waals surface area contributed by atoms with Crippen LogP contribution in [0.25, 0.3) is 10.9 Å². The molecule has 1 aromatic carbocycles. The molecule has 1 aromatic heterocycles. The maximum atomic E-state index is 4.31. The number of fused-ring (bicyclic) bond motifs is 1. The van der Waals surface area contributed by atoms with E-state index in [-0.39, 0.29) is 0 Å². The first-order chi connectivity index (χ1) is 5.75. The van der Waals surface area contributed by atoms with E-state index in [9.17, 15) is 0 Å². The largest absolute Gasteiger partial charge is 0.231 e. The minimum Gasteiger partial charge on any atom is -0.231 e. The molecule has 0 spiro atoms. The van der Waals surface area contributed by atoms with Crippen molar-refractivity contribution in [2.24, 2.45) is 0 Å². The fourth-order valence-corrected chi connectivity index (χ4v) is 1.51. The van der Waals surface area contributed by atoms with Gasteiger partial charge in [0.2, 0.25) is 0 Å². The normalized spacial score (nSPS) is 10.5. The van der Waals surface area contributed by atoms with Crippen LogP contribution in [0.5, 0.6) is 0 Å². The first-order valence-electron chi connectivity index (χ1n) is 3.64. The quantitative estimate of drug-likeness (QED) is 0.543. The molecule has 0 aliphatic carbocycles. The molecule has 0 unspecified atom stereocenters. The van der Waals surface area contributed by atoms with Gasteiger partial charge < -0.3 is 0 Å². The zero-order valence-electron chi connectivity index (χ0n) is 6.58. The number of hydrogen-bond acceptors (Lipinski definition) is 2. The smallest absolute Gasteiger partial charge is 0.191 e. The molecule has 1 heterocycles. The Balaban J connectivity index is 2.80. The van der Waals surface area contributed by atoms with E-state index in [2.05, 4.69) is 51.6 Å². The van der Waals surface area contributed by atoms with E-state index in [0.29, 0.717) is 0 Å². The highest BCUT2D eigenvalue weighted by molar-refractivity contribution is 14.1.